The largest absolute Gasteiger partial charge is 0.393 e. The summed E-state index contributed by atoms with van der Waals surface area (Å²) in [5, 5.41) is 19.7. The van der Waals surface area contributed by atoms with E-state index in [9.17, 15) is 29.4 Å². The molecule has 12 atom stereocenters. The summed E-state index contributed by atoms with van der Waals surface area (Å²) < 4.78 is 15.0. The molecule has 0 saturated heterocycles. The molecule has 0 unspecified atom stereocenters. The molecule has 12 rings (SSSR count). The van der Waals surface area contributed by atoms with Crippen LogP contribution in [0.15, 0.2) is 90.7 Å². The maximum absolute atomic E-state index is 12.8. The third kappa shape index (κ3) is 10.8. The number of aliphatic hydroxyl groups is 2. The fourth-order valence-corrected chi connectivity index (χ4v) is 16.4. The van der Waals surface area contributed by atoms with Crippen molar-refractivity contribution in [2.45, 2.75) is 155 Å². The summed E-state index contributed by atoms with van der Waals surface area (Å²) in [6, 6.07) is 24.3. The van der Waals surface area contributed by atoms with Gasteiger partial charge in [0.05, 0.1) is 24.4 Å². The van der Waals surface area contributed by atoms with E-state index >= 15 is 0 Å². The first kappa shape index (κ1) is 56.1. The van der Waals surface area contributed by atoms with Gasteiger partial charge in [-0.15, -0.1) is 0 Å². The zero-order valence-electron chi connectivity index (χ0n) is 43.7. The number of ketones is 4. The highest BCUT2D eigenvalue weighted by molar-refractivity contribution is 9.11. The second-order valence-corrected chi connectivity index (χ2v) is 27.6. The molecule has 0 amide bonds. The van der Waals surface area contributed by atoms with Crippen LogP contribution in [-0.2, 0) is 35.2 Å². The Morgan fingerprint density at radius 2 is 0.649 bits per heavy atom. The topological polar surface area (TPSA) is 127 Å². The van der Waals surface area contributed by atoms with Gasteiger partial charge in [0.25, 0.3) is 0 Å². The minimum Gasteiger partial charge on any atom is -0.393 e. The van der Waals surface area contributed by atoms with Gasteiger partial charge < -0.3 is 19.7 Å². The lowest BCUT2D eigenvalue weighted by Gasteiger charge is -2.39. The predicted molar refractivity (Wildman–Crippen MR) is 304 cm³/mol. The number of aliphatic hydroxyl groups excluding tert-OH is 2. The molecule has 396 valence electrons. The van der Waals surface area contributed by atoms with Crippen molar-refractivity contribution in [1.29, 1.82) is 0 Å². The van der Waals surface area contributed by atoms with Gasteiger partial charge in [0.1, 0.15) is 0 Å². The summed E-state index contributed by atoms with van der Waals surface area (Å²) in [7, 11) is 3.56. The van der Waals surface area contributed by atoms with Crippen molar-refractivity contribution >= 4 is 86.9 Å². The highest BCUT2D eigenvalue weighted by Gasteiger charge is 2.53. The maximum atomic E-state index is 12.8. The van der Waals surface area contributed by atoms with E-state index in [4.69, 9.17) is 9.47 Å². The van der Waals surface area contributed by atoms with Crippen molar-refractivity contribution in [1.82, 2.24) is 0 Å². The van der Waals surface area contributed by atoms with Gasteiger partial charge in [0.15, 0.2) is 23.1 Å². The standard InChI is InChI=1S/2C16H19BrO2.2C15H17BrO2/c2*1-10-8-16(6-5-14(10)19-2)9-11-3-4-12(17)7-13(11)15(16)18;2*1-9-7-15(5-4-13(9)17)8-10-2-3-11(16)6-12(10)14(15)18/h2*3-4,7,10,14H,5-6,8-9H2,1-2H3;2*2-3,6,9,13,17H,4-5,7-8H2,1H3/t2*10-,14-,16-;2*9-,13-,15-/m1010/s1. The maximum Gasteiger partial charge on any atom is 0.169 e. The normalized spacial score (nSPS) is 34.3. The minimum absolute atomic E-state index is 0.155. The van der Waals surface area contributed by atoms with Crippen molar-refractivity contribution in [3.63, 3.8) is 0 Å². The Morgan fingerprint density at radius 3 is 0.878 bits per heavy atom. The van der Waals surface area contributed by atoms with E-state index < -0.39 is 0 Å². The molecule has 0 aromatic heterocycles. The van der Waals surface area contributed by atoms with Gasteiger partial charge in [-0.3, -0.25) is 19.2 Å². The van der Waals surface area contributed by atoms with Crippen LogP contribution in [0.4, 0.5) is 0 Å². The van der Waals surface area contributed by atoms with Crippen molar-refractivity contribution in [2.24, 2.45) is 45.3 Å². The lowest BCUT2D eigenvalue weighted by atomic mass is 9.66. The molecule has 4 aromatic carbocycles. The molecule has 8 nitrogen and oxygen atoms in total. The van der Waals surface area contributed by atoms with Crippen LogP contribution in [0.1, 0.15) is 168 Å². The molecule has 4 spiro atoms. The first-order chi connectivity index (χ1) is 35.1. The molecule has 12 heteroatoms. The van der Waals surface area contributed by atoms with Crippen LogP contribution in [0.25, 0.3) is 0 Å². The van der Waals surface area contributed by atoms with Crippen molar-refractivity contribution < 1.29 is 38.9 Å². The number of hydrogen-bond acceptors (Lipinski definition) is 8. The lowest BCUT2D eigenvalue weighted by molar-refractivity contribution is -0.00692. The van der Waals surface area contributed by atoms with Crippen LogP contribution in [0, 0.1) is 45.3 Å². The van der Waals surface area contributed by atoms with Gasteiger partial charge in [0, 0.05) is 76.0 Å². The second-order valence-electron chi connectivity index (χ2n) is 23.9. The molecule has 0 radical (unpaired) electrons. The monoisotopic (exact) mass is 1260 g/mol. The Labute approximate surface area is 471 Å². The van der Waals surface area contributed by atoms with Gasteiger partial charge in [0.2, 0.25) is 0 Å². The zero-order chi connectivity index (χ0) is 53.1. The van der Waals surface area contributed by atoms with Gasteiger partial charge >= 0.3 is 0 Å². The minimum atomic E-state index is -0.237. The van der Waals surface area contributed by atoms with E-state index in [1.807, 2.05) is 48.5 Å². The van der Waals surface area contributed by atoms with E-state index in [-0.39, 0.29) is 57.3 Å². The quantitative estimate of drug-likeness (QED) is 0.203. The van der Waals surface area contributed by atoms with Crippen LogP contribution in [-0.4, -0.2) is 72.0 Å². The number of benzene rings is 4. The SMILES string of the molecule is CO[C@@H]1CC[C@]2(Cc3ccc(Br)cc3C2=O)C[C@H]1C.CO[C@H]1CC[C@@]2(Cc3ccc(Br)cc3C2=O)C[C@@H]1C.C[C@@H]1C[C@]2(CC[C@H]1O)Cc1ccc(Br)cc1C2=O.C[C@H]1C[C@@]2(CC[C@@H]1O)Cc1ccc(Br)cc1C2=O. The fourth-order valence-electron chi connectivity index (χ4n) is 15.0. The number of carbonyl (C=O) groups excluding carboxylic acids is 4. The van der Waals surface area contributed by atoms with Crippen LogP contribution < -0.4 is 0 Å². The molecule has 0 heterocycles. The molecular formula is C62H72Br4O8. The van der Waals surface area contributed by atoms with E-state index in [2.05, 4.69) is 116 Å². The molecule has 0 aliphatic heterocycles. The third-order valence-corrected chi connectivity index (χ3v) is 21.0. The summed E-state index contributed by atoms with van der Waals surface area (Å²) >= 11 is 13.8. The molecule has 0 bridgehead atoms. The number of carbonyl (C=O) groups is 4. The number of Topliss-reactive ketones (excluding diaryl/α,β-unsaturated/α-hetero) is 4. The number of ether oxygens (including phenoxy) is 2. The number of halogens is 4. The molecule has 4 aromatic rings. The van der Waals surface area contributed by atoms with Crippen LogP contribution in [0.2, 0.25) is 0 Å². The summed E-state index contributed by atoms with van der Waals surface area (Å²) in [5.41, 5.74) is 7.63. The molecule has 74 heavy (non-hydrogen) atoms. The van der Waals surface area contributed by atoms with Crippen molar-refractivity contribution in [2.75, 3.05) is 14.2 Å². The number of rotatable bonds is 2. The van der Waals surface area contributed by atoms with Gasteiger partial charge in [-0.25, -0.2) is 0 Å². The Hall–Kier alpha value is -2.68. The number of methoxy groups -OCH3 is 2. The van der Waals surface area contributed by atoms with E-state index in [0.29, 0.717) is 35.6 Å². The molecule has 4 fully saturated rings. The highest BCUT2D eigenvalue weighted by Crippen LogP contribution is 2.53. The van der Waals surface area contributed by atoms with E-state index in [1.165, 1.54) is 22.3 Å². The predicted octanol–water partition coefficient (Wildman–Crippen LogP) is 14.7. The lowest BCUT2D eigenvalue weighted by Crippen LogP contribution is -2.40. The van der Waals surface area contributed by atoms with Gasteiger partial charge in [-0.2, -0.15) is 0 Å². The second kappa shape index (κ2) is 22.2. The first-order valence-corrected chi connectivity index (χ1v) is 30.1. The Bertz CT molecular complexity index is 2640. The average Bonchev–Trinajstić information content (AvgIpc) is 3.99. The molecule has 4 saturated carbocycles. The van der Waals surface area contributed by atoms with E-state index in [1.54, 1.807) is 14.2 Å². The molecule has 8 aliphatic carbocycles. The number of hydrogen-bond donors (Lipinski definition) is 2. The van der Waals surface area contributed by atoms with Gasteiger partial charge in [-0.1, -0.05) is 116 Å². The van der Waals surface area contributed by atoms with Crippen molar-refractivity contribution in [3.8, 4) is 0 Å². The molecule has 2 N–H and O–H groups in total. The first-order valence-electron chi connectivity index (χ1n) is 26.9. The average molecular weight is 1260 g/mol. The van der Waals surface area contributed by atoms with Crippen LogP contribution >= 0.6 is 63.7 Å². The Morgan fingerprint density at radius 1 is 0.405 bits per heavy atom. The fraction of sp³-hybridized carbons (Fsp3) is 0.548. The summed E-state index contributed by atoms with van der Waals surface area (Å²) in [6.45, 7) is 8.53. The highest BCUT2D eigenvalue weighted by atomic mass is 79.9. The molecule has 8 aliphatic rings. The van der Waals surface area contributed by atoms with Crippen LogP contribution in [0.5, 0.6) is 0 Å². The smallest absolute Gasteiger partial charge is 0.169 e. The third-order valence-electron chi connectivity index (χ3n) is 19.0. The van der Waals surface area contributed by atoms with Gasteiger partial charge in [-0.05, 0) is 197 Å². The summed E-state index contributed by atoms with van der Waals surface area (Å²) in [4.78, 5) is 51.0. The Kier molecular flexibility index (Phi) is 16.8. The summed E-state index contributed by atoms with van der Waals surface area (Å²) in [5.74, 6) is 2.65. The zero-order valence-corrected chi connectivity index (χ0v) is 50.1. The van der Waals surface area contributed by atoms with Crippen molar-refractivity contribution in [3.05, 3.63) is 135 Å². The molecular weight excluding hydrogens is 1190 g/mol. The van der Waals surface area contributed by atoms with Crippen LogP contribution in [0.3, 0.4) is 0 Å². The summed E-state index contributed by atoms with van der Waals surface area (Å²) in [6.07, 6.45) is 14.3. The Balaban J connectivity index is 0.000000121. The van der Waals surface area contributed by atoms with E-state index in [0.717, 1.165) is 143 Å². The number of fused-ring (bicyclic) bond motifs is 4.